The number of hydrogen-bond acceptors (Lipinski definition) is 4. The Morgan fingerprint density at radius 3 is 2.89 bits per heavy atom. The molecular weight excluding hydrogens is 244 g/mol. The number of aromatic amines is 1. The molecule has 0 aliphatic heterocycles. The van der Waals surface area contributed by atoms with Crippen molar-refractivity contribution in [3.63, 3.8) is 0 Å². The molecule has 0 unspecified atom stereocenters. The van der Waals surface area contributed by atoms with Crippen molar-refractivity contribution >= 4 is 16.6 Å². The van der Waals surface area contributed by atoms with E-state index in [2.05, 4.69) is 21.1 Å². The van der Waals surface area contributed by atoms with Gasteiger partial charge in [-0.15, -0.1) is 5.10 Å². The van der Waals surface area contributed by atoms with Gasteiger partial charge >= 0.3 is 5.69 Å². The van der Waals surface area contributed by atoms with Crippen LogP contribution in [-0.4, -0.2) is 24.7 Å². The molecule has 3 aromatic rings. The minimum atomic E-state index is -0.326. The Morgan fingerprint density at radius 2 is 2.11 bits per heavy atom. The van der Waals surface area contributed by atoms with Crippen LogP contribution in [0, 0.1) is 0 Å². The first-order valence-corrected chi connectivity index (χ1v) is 6.30. The van der Waals surface area contributed by atoms with Crippen LogP contribution >= 0.6 is 0 Å². The molecular formula is C13H12N4O2. The van der Waals surface area contributed by atoms with Gasteiger partial charge in [0, 0.05) is 5.39 Å². The van der Waals surface area contributed by atoms with Gasteiger partial charge in [-0.05, 0) is 42.5 Å². The summed E-state index contributed by atoms with van der Waals surface area (Å²) in [6.45, 7) is -0.270. The molecule has 19 heavy (non-hydrogen) atoms. The fourth-order valence-corrected chi connectivity index (χ4v) is 2.82. The molecule has 0 radical (unpaired) electrons. The number of nitrogens with zero attached hydrogens (tertiary/aromatic N) is 3. The van der Waals surface area contributed by atoms with Gasteiger partial charge in [0.05, 0.1) is 5.52 Å². The lowest BCUT2D eigenvalue weighted by molar-refractivity contribution is 0.271. The van der Waals surface area contributed by atoms with Crippen LogP contribution in [0.1, 0.15) is 23.4 Å². The molecule has 4 rings (SSSR count). The fourth-order valence-electron chi connectivity index (χ4n) is 2.82. The van der Waals surface area contributed by atoms with Crippen molar-refractivity contribution in [3.8, 4) is 0 Å². The average Bonchev–Trinajstić information content (AvgIpc) is 3.02. The van der Waals surface area contributed by atoms with E-state index in [1.807, 2.05) is 6.07 Å². The zero-order valence-corrected chi connectivity index (χ0v) is 10.2. The standard InChI is InChI=1S/C13H12N4O2/c18-6-11-15-12-9-4-7-2-1-3-8(7)5-10(9)14-13(19)17(12)16-11/h4-5,18H,1-3,6H2,(H,14,19). The smallest absolute Gasteiger partial charge is 0.348 e. The van der Waals surface area contributed by atoms with E-state index in [-0.39, 0.29) is 18.1 Å². The number of rotatable bonds is 1. The van der Waals surface area contributed by atoms with Gasteiger partial charge in [0.1, 0.15) is 6.61 Å². The van der Waals surface area contributed by atoms with Crippen molar-refractivity contribution in [2.24, 2.45) is 0 Å². The van der Waals surface area contributed by atoms with Crippen LogP contribution in [0.25, 0.3) is 16.6 Å². The number of aryl methyl sites for hydroxylation is 2. The quantitative estimate of drug-likeness (QED) is 0.666. The van der Waals surface area contributed by atoms with Gasteiger partial charge in [0.15, 0.2) is 11.5 Å². The zero-order chi connectivity index (χ0) is 13.0. The summed E-state index contributed by atoms with van der Waals surface area (Å²) in [5, 5.41) is 14.0. The van der Waals surface area contributed by atoms with Crippen LogP contribution < -0.4 is 5.69 Å². The summed E-state index contributed by atoms with van der Waals surface area (Å²) in [6.07, 6.45) is 3.28. The monoisotopic (exact) mass is 256 g/mol. The van der Waals surface area contributed by atoms with Gasteiger partial charge in [-0.25, -0.2) is 9.78 Å². The summed E-state index contributed by atoms with van der Waals surface area (Å²) in [6, 6.07) is 4.12. The van der Waals surface area contributed by atoms with Gasteiger partial charge in [0.2, 0.25) is 0 Å². The van der Waals surface area contributed by atoms with E-state index >= 15 is 0 Å². The van der Waals surface area contributed by atoms with Crippen LogP contribution in [0.15, 0.2) is 16.9 Å². The third kappa shape index (κ3) is 1.43. The Morgan fingerprint density at radius 1 is 1.32 bits per heavy atom. The molecule has 2 aromatic heterocycles. The number of aromatic nitrogens is 4. The van der Waals surface area contributed by atoms with Crippen LogP contribution in [0.4, 0.5) is 0 Å². The molecule has 1 aliphatic carbocycles. The zero-order valence-electron chi connectivity index (χ0n) is 10.2. The van der Waals surface area contributed by atoms with Crippen LogP contribution in [0.3, 0.4) is 0 Å². The second-order valence-corrected chi connectivity index (χ2v) is 4.87. The van der Waals surface area contributed by atoms with E-state index in [9.17, 15) is 4.79 Å². The molecule has 0 spiro atoms. The molecule has 1 aliphatic rings. The van der Waals surface area contributed by atoms with Crippen LogP contribution in [-0.2, 0) is 19.4 Å². The lowest BCUT2D eigenvalue weighted by atomic mass is 10.1. The second-order valence-electron chi connectivity index (χ2n) is 4.87. The minimum absolute atomic E-state index is 0.262. The van der Waals surface area contributed by atoms with E-state index in [0.717, 1.165) is 30.2 Å². The normalized spacial score (nSPS) is 14.4. The number of aliphatic hydroxyl groups is 1. The summed E-state index contributed by atoms with van der Waals surface area (Å²) in [5.74, 6) is 0.262. The van der Waals surface area contributed by atoms with Gasteiger partial charge in [-0.3, -0.25) is 0 Å². The van der Waals surface area contributed by atoms with Crippen LogP contribution in [0.5, 0.6) is 0 Å². The van der Waals surface area contributed by atoms with Crippen molar-refractivity contribution < 1.29 is 5.11 Å². The molecule has 96 valence electrons. The van der Waals surface area contributed by atoms with Crippen molar-refractivity contribution in [1.29, 1.82) is 0 Å². The largest absolute Gasteiger partial charge is 0.388 e. The molecule has 6 nitrogen and oxygen atoms in total. The third-order valence-corrected chi connectivity index (χ3v) is 3.70. The molecule has 0 atom stereocenters. The van der Waals surface area contributed by atoms with E-state index in [1.54, 1.807) is 0 Å². The molecule has 0 saturated carbocycles. The van der Waals surface area contributed by atoms with Crippen LogP contribution in [0.2, 0.25) is 0 Å². The number of nitrogens with one attached hydrogen (secondary N) is 1. The lowest BCUT2D eigenvalue weighted by Gasteiger charge is -2.03. The Kier molecular flexibility index (Phi) is 2.05. The summed E-state index contributed by atoms with van der Waals surface area (Å²) >= 11 is 0. The number of H-pyrrole nitrogens is 1. The Hall–Kier alpha value is -2.21. The number of benzene rings is 1. The molecule has 1 aromatic carbocycles. The first-order valence-electron chi connectivity index (χ1n) is 6.30. The van der Waals surface area contributed by atoms with Gasteiger partial charge in [0.25, 0.3) is 0 Å². The predicted molar refractivity (Wildman–Crippen MR) is 69.1 cm³/mol. The highest BCUT2D eigenvalue weighted by molar-refractivity contribution is 5.92. The first-order chi connectivity index (χ1) is 9.26. The van der Waals surface area contributed by atoms with Crippen molar-refractivity contribution in [1.82, 2.24) is 19.6 Å². The maximum absolute atomic E-state index is 11.9. The maximum atomic E-state index is 11.9. The van der Waals surface area contributed by atoms with E-state index < -0.39 is 0 Å². The Bertz CT molecular complexity index is 862. The number of aliphatic hydroxyl groups excluding tert-OH is 1. The topological polar surface area (TPSA) is 83.3 Å². The Labute approximate surface area is 107 Å². The maximum Gasteiger partial charge on any atom is 0.348 e. The molecule has 6 heteroatoms. The van der Waals surface area contributed by atoms with E-state index in [1.165, 1.54) is 15.6 Å². The van der Waals surface area contributed by atoms with Crippen molar-refractivity contribution in [2.45, 2.75) is 25.9 Å². The minimum Gasteiger partial charge on any atom is -0.388 e. The van der Waals surface area contributed by atoms with Gasteiger partial charge in [-0.1, -0.05) is 0 Å². The van der Waals surface area contributed by atoms with E-state index in [0.29, 0.717) is 5.65 Å². The summed E-state index contributed by atoms with van der Waals surface area (Å²) in [4.78, 5) is 19.0. The fraction of sp³-hybridized carbons (Fsp3) is 0.308. The Balaban J connectivity index is 2.17. The van der Waals surface area contributed by atoms with E-state index in [4.69, 9.17) is 5.11 Å². The summed E-state index contributed by atoms with van der Waals surface area (Å²) < 4.78 is 1.22. The van der Waals surface area contributed by atoms with Gasteiger partial charge in [-0.2, -0.15) is 4.52 Å². The SMILES string of the molecule is O=c1[nH]c2cc3c(cc2c2nc(CO)nn12)CCC3. The van der Waals surface area contributed by atoms with Crippen molar-refractivity contribution in [2.75, 3.05) is 0 Å². The summed E-state index contributed by atoms with van der Waals surface area (Å²) in [5.41, 5.74) is 3.59. The third-order valence-electron chi connectivity index (χ3n) is 3.70. The second kappa shape index (κ2) is 3.64. The van der Waals surface area contributed by atoms with Gasteiger partial charge < -0.3 is 10.1 Å². The highest BCUT2D eigenvalue weighted by Crippen LogP contribution is 2.27. The molecule has 0 amide bonds. The first kappa shape index (κ1) is 10.7. The van der Waals surface area contributed by atoms with Crippen molar-refractivity contribution in [3.05, 3.63) is 39.6 Å². The highest BCUT2D eigenvalue weighted by Gasteiger charge is 2.16. The molecule has 0 bridgehead atoms. The number of hydrogen-bond donors (Lipinski definition) is 2. The molecule has 2 N–H and O–H groups in total. The highest BCUT2D eigenvalue weighted by atomic mass is 16.3. The summed E-state index contributed by atoms with van der Waals surface area (Å²) in [7, 11) is 0. The molecule has 0 fully saturated rings. The number of fused-ring (bicyclic) bond motifs is 4. The lowest BCUT2D eigenvalue weighted by Crippen LogP contribution is -2.17. The molecule has 0 saturated heterocycles. The molecule has 2 heterocycles. The average molecular weight is 256 g/mol. The predicted octanol–water partition coefficient (Wildman–Crippen LogP) is 0.552.